The van der Waals surface area contributed by atoms with Crippen molar-refractivity contribution in [2.45, 2.75) is 45.1 Å². The summed E-state index contributed by atoms with van der Waals surface area (Å²) >= 11 is 1.40. The molecule has 0 saturated heterocycles. The van der Waals surface area contributed by atoms with Gasteiger partial charge in [-0.25, -0.2) is 14.6 Å². The molecular formula is C12H17N3O3S. The van der Waals surface area contributed by atoms with Gasteiger partial charge in [-0.15, -0.1) is 11.3 Å². The molecule has 1 aromatic rings. The first kappa shape index (κ1) is 13.8. The van der Waals surface area contributed by atoms with Crippen LogP contribution in [0.2, 0.25) is 0 Å². The fourth-order valence-corrected chi connectivity index (χ4v) is 2.98. The fourth-order valence-electron chi connectivity index (χ4n) is 2.08. The summed E-state index contributed by atoms with van der Waals surface area (Å²) in [6.07, 6.45) is 2.59. The average Bonchev–Trinajstić information content (AvgIpc) is 2.63. The maximum atomic E-state index is 11.8. The Kier molecular flexibility index (Phi) is 3.75. The van der Waals surface area contributed by atoms with Crippen LogP contribution >= 0.6 is 11.3 Å². The Morgan fingerprint density at radius 2 is 2.16 bits per heavy atom. The number of carboxylic acids is 1. The highest BCUT2D eigenvalue weighted by molar-refractivity contribution is 7.15. The number of aromatic nitrogens is 1. The molecule has 1 aliphatic rings. The normalized spacial score (nSPS) is 16.5. The summed E-state index contributed by atoms with van der Waals surface area (Å²) in [5.74, 6) is -0.974. The average molecular weight is 283 g/mol. The Labute approximate surface area is 115 Å². The minimum absolute atomic E-state index is 0.479. The fraction of sp³-hybridized carbons (Fsp3) is 0.583. The molecule has 0 aliphatic heterocycles. The van der Waals surface area contributed by atoms with Gasteiger partial charge in [-0.1, -0.05) is 6.92 Å². The predicted octanol–water partition coefficient (Wildman–Crippen LogP) is 2.14. The van der Waals surface area contributed by atoms with E-state index in [2.05, 4.69) is 15.6 Å². The van der Waals surface area contributed by atoms with Crippen LogP contribution in [0, 0.1) is 6.92 Å². The molecule has 1 fully saturated rings. The lowest BCUT2D eigenvalue weighted by atomic mass is 9.77. The van der Waals surface area contributed by atoms with Crippen molar-refractivity contribution in [1.29, 1.82) is 0 Å². The zero-order valence-corrected chi connectivity index (χ0v) is 11.8. The summed E-state index contributed by atoms with van der Waals surface area (Å²) in [5.41, 5.74) is -0.138. The lowest BCUT2D eigenvalue weighted by molar-refractivity contribution is -0.148. The van der Waals surface area contributed by atoms with Gasteiger partial charge < -0.3 is 10.4 Å². The van der Waals surface area contributed by atoms with Gasteiger partial charge >= 0.3 is 12.0 Å². The Hall–Kier alpha value is -1.63. The maximum Gasteiger partial charge on any atom is 0.329 e. The summed E-state index contributed by atoms with van der Waals surface area (Å²) in [7, 11) is 0. The molecular weight excluding hydrogens is 266 g/mol. The van der Waals surface area contributed by atoms with E-state index in [4.69, 9.17) is 5.11 Å². The van der Waals surface area contributed by atoms with Crippen molar-refractivity contribution < 1.29 is 14.7 Å². The zero-order valence-electron chi connectivity index (χ0n) is 10.9. The van der Waals surface area contributed by atoms with Gasteiger partial charge in [-0.05, 0) is 32.6 Å². The van der Waals surface area contributed by atoms with Crippen molar-refractivity contribution in [2.24, 2.45) is 0 Å². The van der Waals surface area contributed by atoms with E-state index in [1.54, 1.807) is 0 Å². The van der Waals surface area contributed by atoms with Crippen LogP contribution in [0.15, 0.2) is 0 Å². The van der Waals surface area contributed by atoms with E-state index in [0.717, 1.165) is 23.4 Å². The van der Waals surface area contributed by atoms with Crippen molar-refractivity contribution in [1.82, 2.24) is 10.3 Å². The number of urea groups is 1. The molecule has 1 aliphatic carbocycles. The van der Waals surface area contributed by atoms with Crippen molar-refractivity contribution in [2.75, 3.05) is 5.32 Å². The van der Waals surface area contributed by atoms with E-state index in [1.165, 1.54) is 11.3 Å². The van der Waals surface area contributed by atoms with Gasteiger partial charge in [0.25, 0.3) is 0 Å². The van der Waals surface area contributed by atoms with Crippen LogP contribution in [0.4, 0.5) is 9.93 Å². The molecule has 0 radical (unpaired) electrons. The molecule has 0 aromatic carbocycles. The molecule has 0 unspecified atom stereocenters. The summed E-state index contributed by atoms with van der Waals surface area (Å²) in [4.78, 5) is 28.3. The van der Waals surface area contributed by atoms with Crippen LogP contribution in [0.25, 0.3) is 0 Å². The molecule has 1 aromatic heterocycles. The second kappa shape index (κ2) is 5.16. The van der Waals surface area contributed by atoms with Gasteiger partial charge in [0.15, 0.2) is 5.13 Å². The number of nitrogens with zero attached hydrogens (tertiary/aromatic N) is 1. The molecule has 0 bridgehead atoms. The lowest BCUT2D eigenvalue weighted by Crippen LogP contribution is -2.60. The monoisotopic (exact) mass is 283 g/mol. The van der Waals surface area contributed by atoms with E-state index in [-0.39, 0.29) is 0 Å². The molecule has 6 nitrogen and oxygen atoms in total. The third-order valence-electron chi connectivity index (χ3n) is 3.42. The van der Waals surface area contributed by atoms with Gasteiger partial charge in [-0.3, -0.25) is 5.32 Å². The number of carboxylic acid groups (broad SMARTS) is 1. The number of amides is 2. The molecule has 19 heavy (non-hydrogen) atoms. The van der Waals surface area contributed by atoms with Crippen LogP contribution < -0.4 is 10.6 Å². The molecule has 0 atom stereocenters. The maximum absolute atomic E-state index is 11.8. The number of anilines is 1. The van der Waals surface area contributed by atoms with Crippen molar-refractivity contribution in [3.8, 4) is 0 Å². The summed E-state index contributed by atoms with van der Waals surface area (Å²) < 4.78 is 0. The third kappa shape index (κ3) is 2.70. The van der Waals surface area contributed by atoms with Crippen molar-refractivity contribution >= 4 is 28.5 Å². The Morgan fingerprint density at radius 1 is 1.47 bits per heavy atom. The van der Waals surface area contributed by atoms with E-state index in [9.17, 15) is 9.59 Å². The molecule has 104 valence electrons. The number of thiazole rings is 1. The van der Waals surface area contributed by atoms with E-state index in [0.29, 0.717) is 18.0 Å². The van der Waals surface area contributed by atoms with E-state index in [1.807, 2.05) is 13.8 Å². The van der Waals surface area contributed by atoms with Crippen LogP contribution in [0.3, 0.4) is 0 Å². The minimum atomic E-state index is -1.09. The van der Waals surface area contributed by atoms with Crippen LogP contribution in [-0.4, -0.2) is 27.6 Å². The van der Waals surface area contributed by atoms with E-state index < -0.39 is 17.5 Å². The van der Waals surface area contributed by atoms with Gasteiger partial charge in [0.05, 0.1) is 5.69 Å². The summed E-state index contributed by atoms with van der Waals surface area (Å²) in [6.45, 7) is 3.95. The highest BCUT2D eigenvalue weighted by Crippen LogP contribution is 2.32. The molecule has 0 spiro atoms. The van der Waals surface area contributed by atoms with Gasteiger partial charge in [-0.2, -0.15) is 0 Å². The van der Waals surface area contributed by atoms with Gasteiger partial charge in [0.2, 0.25) is 0 Å². The quantitative estimate of drug-likeness (QED) is 0.789. The number of aryl methyl sites for hydroxylation is 2. The lowest BCUT2D eigenvalue weighted by Gasteiger charge is -2.37. The number of nitrogens with one attached hydrogen (secondary N) is 2. The Morgan fingerprint density at radius 3 is 2.58 bits per heavy atom. The largest absolute Gasteiger partial charge is 0.480 e. The van der Waals surface area contributed by atoms with Crippen LogP contribution in [-0.2, 0) is 11.2 Å². The topological polar surface area (TPSA) is 91.3 Å². The number of aliphatic carboxylic acids is 1. The number of hydrogen-bond donors (Lipinski definition) is 3. The van der Waals surface area contributed by atoms with Gasteiger partial charge in [0.1, 0.15) is 5.54 Å². The SMILES string of the molecule is CCc1nc(NC(=O)NC2(C(=O)O)CCC2)sc1C. The van der Waals surface area contributed by atoms with Crippen molar-refractivity contribution in [3.05, 3.63) is 10.6 Å². The van der Waals surface area contributed by atoms with E-state index >= 15 is 0 Å². The number of carbonyl (C=O) groups excluding carboxylic acids is 1. The Balaban J connectivity index is 1.99. The third-order valence-corrected chi connectivity index (χ3v) is 4.35. The highest BCUT2D eigenvalue weighted by atomic mass is 32.1. The molecule has 2 amide bonds. The standard InChI is InChI=1S/C12H17N3O3S/c1-3-8-7(2)19-11(13-8)14-10(18)15-12(9(16)17)5-4-6-12/h3-6H2,1-2H3,(H,16,17)(H2,13,14,15,18). The number of rotatable bonds is 4. The van der Waals surface area contributed by atoms with Crippen LogP contribution in [0.5, 0.6) is 0 Å². The first-order valence-electron chi connectivity index (χ1n) is 6.26. The van der Waals surface area contributed by atoms with Crippen LogP contribution in [0.1, 0.15) is 36.8 Å². The first-order chi connectivity index (χ1) is 8.97. The number of hydrogen-bond acceptors (Lipinski definition) is 4. The number of carbonyl (C=O) groups is 2. The molecule has 3 N–H and O–H groups in total. The first-order valence-corrected chi connectivity index (χ1v) is 7.07. The minimum Gasteiger partial charge on any atom is -0.480 e. The smallest absolute Gasteiger partial charge is 0.329 e. The van der Waals surface area contributed by atoms with Gasteiger partial charge in [0, 0.05) is 4.88 Å². The summed E-state index contributed by atoms with van der Waals surface area (Å²) in [5, 5.41) is 14.8. The molecule has 1 heterocycles. The molecule has 7 heteroatoms. The van der Waals surface area contributed by atoms with Crippen molar-refractivity contribution in [3.63, 3.8) is 0 Å². The predicted molar refractivity (Wildman–Crippen MR) is 72.6 cm³/mol. The molecule has 2 rings (SSSR count). The molecule has 1 saturated carbocycles. The zero-order chi connectivity index (χ0) is 14.0. The highest BCUT2D eigenvalue weighted by Gasteiger charge is 2.45. The Bertz CT molecular complexity index is 508. The second-order valence-electron chi connectivity index (χ2n) is 4.70. The summed E-state index contributed by atoms with van der Waals surface area (Å²) in [6, 6.07) is -0.501. The second-order valence-corrected chi connectivity index (χ2v) is 5.90.